The first-order chi connectivity index (χ1) is 9.38. The number of rotatable bonds is 7. The first-order valence-electron chi connectivity index (χ1n) is 5.84. The highest BCUT2D eigenvalue weighted by Crippen LogP contribution is 2.20. The summed E-state index contributed by atoms with van der Waals surface area (Å²) in [4.78, 5) is 10.7. The SMILES string of the molecule is C#CCCCCNS(=O)(=O)c1ccc(C(=O)O)c(Cl)c1. The Hall–Kier alpha value is -1.55. The minimum atomic E-state index is -3.69. The van der Waals surface area contributed by atoms with E-state index in [9.17, 15) is 13.2 Å². The van der Waals surface area contributed by atoms with E-state index >= 15 is 0 Å². The molecule has 0 spiro atoms. The molecule has 7 heteroatoms. The van der Waals surface area contributed by atoms with E-state index in [1.165, 1.54) is 6.07 Å². The maximum Gasteiger partial charge on any atom is 0.337 e. The molecule has 2 N–H and O–H groups in total. The van der Waals surface area contributed by atoms with E-state index in [-0.39, 0.29) is 22.0 Å². The maximum absolute atomic E-state index is 11.9. The van der Waals surface area contributed by atoms with Crippen LogP contribution in [0.2, 0.25) is 5.02 Å². The summed E-state index contributed by atoms with van der Waals surface area (Å²) in [6, 6.07) is 3.49. The number of hydrogen-bond acceptors (Lipinski definition) is 3. The summed E-state index contributed by atoms with van der Waals surface area (Å²) in [5, 5.41) is 8.70. The minimum Gasteiger partial charge on any atom is -0.478 e. The van der Waals surface area contributed by atoms with Crippen molar-refractivity contribution < 1.29 is 18.3 Å². The van der Waals surface area contributed by atoms with Crippen LogP contribution in [0.1, 0.15) is 29.6 Å². The number of hydrogen-bond donors (Lipinski definition) is 2. The van der Waals surface area contributed by atoms with Gasteiger partial charge in [0.2, 0.25) is 10.0 Å². The number of sulfonamides is 1. The molecule has 0 saturated heterocycles. The number of carbonyl (C=O) groups is 1. The fraction of sp³-hybridized carbons (Fsp3) is 0.308. The van der Waals surface area contributed by atoms with Gasteiger partial charge in [0.1, 0.15) is 0 Å². The van der Waals surface area contributed by atoms with Crippen LogP contribution in [0.25, 0.3) is 0 Å². The Bertz CT molecular complexity index is 634. The number of aromatic carboxylic acids is 1. The highest BCUT2D eigenvalue weighted by molar-refractivity contribution is 7.89. The van der Waals surface area contributed by atoms with Crippen LogP contribution in [0.5, 0.6) is 0 Å². The molecule has 0 aliphatic carbocycles. The van der Waals surface area contributed by atoms with Crippen molar-refractivity contribution in [2.45, 2.75) is 24.2 Å². The molecule has 0 fully saturated rings. The number of carboxylic acids is 1. The second-order valence-corrected chi connectivity index (χ2v) is 6.18. The molecular formula is C13H14ClNO4S. The summed E-state index contributed by atoms with van der Waals surface area (Å²) in [5.74, 6) is 1.26. The standard InChI is InChI=1S/C13H14ClNO4S/c1-2-3-4-5-8-15-20(18,19)10-6-7-11(13(16)17)12(14)9-10/h1,6-7,9,15H,3-5,8H2,(H,16,17). The van der Waals surface area contributed by atoms with Crippen molar-refractivity contribution in [1.82, 2.24) is 4.72 Å². The summed E-state index contributed by atoms with van der Waals surface area (Å²) in [6.07, 6.45) is 7.05. The van der Waals surface area contributed by atoms with E-state index in [4.69, 9.17) is 23.1 Å². The van der Waals surface area contributed by atoms with E-state index in [1.54, 1.807) is 0 Å². The molecular weight excluding hydrogens is 302 g/mol. The van der Waals surface area contributed by atoms with Crippen LogP contribution in [0.15, 0.2) is 23.1 Å². The van der Waals surface area contributed by atoms with Gasteiger partial charge in [0.15, 0.2) is 0 Å². The molecule has 5 nitrogen and oxygen atoms in total. The van der Waals surface area contributed by atoms with Crippen molar-refractivity contribution >= 4 is 27.6 Å². The summed E-state index contributed by atoms with van der Waals surface area (Å²) >= 11 is 5.74. The zero-order chi connectivity index (χ0) is 15.2. The van der Waals surface area contributed by atoms with Gasteiger partial charge in [-0.2, -0.15) is 0 Å². The quantitative estimate of drug-likeness (QED) is 0.596. The van der Waals surface area contributed by atoms with Gasteiger partial charge in [-0.25, -0.2) is 17.9 Å². The Morgan fingerprint density at radius 3 is 2.65 bits per heavy atom. The average Bonchev–Trinajstić information content (AvgIpc) is 2.37. The molecule has 0 aliphatic rings. The second kappa shape index (κ2) is 7.29. The Labute approximate surface area is 123 Å². The van der Waals surface area contributed by atoms with Gasteiger partial charge in [-0.05, 0) is 31.0 Å². The lowest BCUT2D eigenvalue weighted by atomic mass is 10.2. The van der Waals surface area contributed by atoms with Crippen LogP contribution in [0.3, 0.4) is 0 Å². The normalized spacial score (nSPS) is 11.0. The lowest BCUT2D eigenvalue weighted by molar-refractivity contribution is 0.0697. The van der Waals surface area contributed by atoms with Crippen molar-refractivity contribution in [3.05, 3.63) is 28.8 Å². The summed E-state index contributed by atoms with van der Waals surface area (Å²) < 4.78 is 26.3. The molecule has 1 rings (SSSR count). The van der Waals surface area contributed by atoms with Crippen molar-refractivity contribution in [3.63, 3.8) is 0 Å². The number of nitrogens with one attached hydrogen (secondary N) is 1. The van der Waals surface area contributed by atoms with Crippen molar-refractivity contribution in [3.8, 4) is 12.3 Å². The van der Waals surface area contributed by atoms with Crippen LogP contribution in [0, 0.1) is 12.3 Å². The fourth-order valence-electron chi connectivity index (χ4n) is 1.48. The number of unbranched alkanes of at least 4 members (excludes halogenated alkanes) is 2. The van der Waals surface area contributed by atoms with Gasteiger partial charge >= 0.3 is 5.97 Å². The molecule has 1 aromatic rings. The third-order valence-corrected chi connectivity index (χ3v) is 4.29. The molecule has 20 heavy (non-hydrogen) atoms. The van der Waals surface area contributed by atoms with E-state index in [1.807, 2.05) is 0 Å². The lowest BCUT2D eigenvalue weighted by Crippen LogP contribution is -2.24. The molecule has 108 valence electrons. The predicted octanol–water partition coefficient (Wildman–Crippen LogP) is 2.12. The average molecular weight is 316 g/mol. The minimum absolute atomic E-state index is 0.0653. The van der Waals surface area contributed by atoms with E-state index in [0.717, 1.165) is 18.6 Å². The third kappa shape index (κ3) is 4.53. The molecule has 0 atom stereocenters. The van der Waals surface area contributed by atoms with Crippen LogP contribution < -0.4 is 4.72 Å². The number of benzene rings is 1. The zero-order valence-electron chi connectivity index (χ0n) is 10.6. The van der Waals surface area contributed by atoms with Crippen LogP contribution >= 0.6 is 11.6 Å². The fourth-order valence-corrected chi connectivity index (χ4v) is 2.90. The van der Waals surface area contributed by atoms with Crippen LogP contribution in [-0.2, 0) is 10.0 Å². The largest absolute Gasteiger partial charge is 0.478 e. The van der Waals surface area contributed by atoms with Crippen LogP contribution in [-0.4, -0.2) is 26.0 Å². The summed E-state index contributed by atoms with van der Waals surface area (Å²) in [5.41, 5.74) is -0.139. The number of halogens is 1. The smallest absolute Gasteiger partial charge is 0.337 e. The van der Waals surface area contributed by atoms with E-state index < -0.39 is 16.0 Å². The van der Waals surface area contributed by atoms with Crippen molar-refractivity contribution in [1.29, 1.82) is 0 Å². The highest BCUT2D eigenvalue weighted by atomic mass is 35.5. The number of carboxylic acid groups (broad SMARTS) is 1. The molecule has 0 heterocycles. The van der Waals surface area contributed by atoms with Gasteiger partial charge in [0.25, 0.3) is 0 Å². The molecule has 0 aliphatic heterocycles. The zero-order valence-corrected chi connectivity index (χ0v) is 12.2. The first-order valence-corrected chi connectivity index (χ1v) is 7.70. The van der Waals surface area contributed by atoms with Crippen molar-refractivity contribution in [2.75, 3.05) is 6.54 Å². The Balaban J connectivity index is 2.76. The van der Waals surface area contributed by atoms with Gasteiger partial charge in [-0.15, -0.1) is 12.3 Å². The molecule has 0 saturated carbocycles. The van der Waals surface area contributed by atoms with E-state index in [2.05, 4.69) is 10.6 Å². The molecule has 0 radical (unpaired) electrons. The van der Waals surface area contributed by atoms with Gasteiger partial charge in [-0.3, -0.25) is 0 Å². The Morgan fingerprint density at radius 2 is 2.10 bits per heavy atom. The lowest BCUT2D eigenvalue weighted by Gasteiger charge is -2.07. The summed E-state index contributed by atoms with van der Waals surface area (Å²) in [6.45, 7) is 0.266. The Morgan fingerprint density at radius 1 is 1.40 bits per heavy atom. The third-order valence-electron chi connectivity index (χ3n) is 2.52. The topological polar surface area (TPSA) is 83.5 Å². The van der Waals surface area contributed by atoms with Gasteiger partial charge in [-0.1, -0.05) is 11.6 Å². The van der Waals surface area contributed by atoms with Crippen LogP contribution in [0.4, 0.5) is 0 Å². The van der Waals surface area contributed by atoms with E-state index in [0.29, 0.717) is 12.8 Å². The predicted molar refractivity (Wildman–Crippen MR) is 76.3 cm³/mol. The first kappa shape index (κ1) is 16.5. The van der Waals surface area contributed by atoms with Gasteiger partial charge in [0.05, 0.1) is 15.5 Å². The molecule has 0 bridgehead atoms. The molecule has 0 amide bonds. The van der Waals surface area contributed by atoms with Crippen molar-refractivity contribution in [2.24, 2.45) is 0 Å². The molecule has 0 unspecified atom stereocenters. The molecule has 1 aromatic carbocycles. The number of terminal acetylenes is 1. The molecule has 0 aromatic heterocycles. The maximum atomic E-state index is 11.9. The highest BCUT2D eigenvalue weighted by Gasteiger charge is 2.17. The second-order valence-electron chi connectivity index (χ2n) is 4.01. The van der Waals surface area contributed by atoms with Gasteiger partial charge < -0.3 is 5.11 Å². The monoisotopic (exact) mass is 315 g/mol. The Kier molecular flexibility index (Phi) is 6.02. The van der Waals surface area contributed by atoms with Gasteiger partial charge in [0, 0.05) is 13.0 Å². The summed E-state index contributed by atoms with van der Waals surface area (Å²) in [7, 11) is -3.69.